The van der Waals surface area contributed by atoms with Crippen LogP contribution in [0.15, 0.2) is 18.2 Å². The molecule has 1 aromatic carbocycles. The van der Waals surface area contributed by atoms with Crippen LogP contribution in [0.1, 0.15) is 44.7 Å². The van der Waals surface area contributed by atoms with Crippen LogP contribution in [0.25, 0.3) is 0 Å². The second-order valence-corrected chi connectivity index (χ2v) is 5.48. The summed E-state index contributed by atoms with van der Waals surface area (Å²) < 4.78 is 10.8. The maximum absolute atomic E-state index is 11.8. The van der Waals surface area contributed by atoms with E-state index in [-0.39, 0.29) is 5.97 Å². The maximum Gasteiger partial charge on any atom is 0.349 e. The Morgan fingerprint density at radius 1 is 1.35 bits per heavy atom. The Hall–Kier alpha value is -1.84. The molecule has 1 N–H and O–H groups in total. The number of ether oxygens (including phenoxy) is 2. The quantitative estimate of drug-likeness (QED) is 0.859. The summed E-state index contributed by atoms with van der Waals surface area (Å²) >= 11 is 0. The Labute approximate surface area is 119 Å². The van der Waals surface area contributed by atoms with Crippen molar-refractivity contribution in [1.29, 1.82) is 5.41 Å². The van der Waals surface area contributed by atoms with Gasteiger partial charge in [0.1, 0.15) is 5.75 Å². The minimum Gasteiger partial charge on any atom is -0.476 e. The van der Waals surface area contributed by atoms with Crippen molar-refractivity contribution in [2.45, 2.75) is 45.6 Å². The monoisotopic (exact) mass is 275 g/mol. The molecule has 1 aliphatic rings. The molecule has 0 bridgehead atoms. The Kier molecular flexibility index (Phi) is 4.12. The van der Waals surface area contributed by atoms with Gasteiger partial charge in [-0.25, -0.2) is 4.79 Å². The highest BCUT2D eigenvalue weighted by Gasteiger charge is 2.31. The van der Waals surface area contributed by atoms with E-state index in [4.69, 9.17) is 14.9 Å². The van der Waals surface area contributed by atoms with E-state index in [0.29, 0.717) is 18.1 Å². The number of carbonyl (C=O) groups excluding carboxylic acids is 1. The molecule has 1 aliphatic carbocycles. The van der Waals surface area contributed by atoms with Gasteiger partial charge in [-0.15, -0.1) is 0 Å². The normalized spacial score (nSPS) is 14.7. The summed E-state index contributed by atoms with van der Waals surface area (Å²) in [4.78, 5) is 11.8. The highest BCUT2D eigenvalue weighted by Crippen LogP contribution is 2.27. The van der Waals surface area contributed by atoms with Crippen molar-refractivity contribution < 1.29 is 14.3 Å². The zero-order chi connectivity index (χ0) is 14.8. The average molecular weight is 275 g/mol. The Morgan fingerprint density at radius 2 is 2.10 bits per heavy atom. The predicted molar refractivity (Wildman–Crippen MR) is 77.5 cm³/mol. The van der Waals surface area contributed by atoms with Crippen molar-refractivity contribution in [3.63, 3.8) is 0 Å². The summed E-state index contributed by atoms with van der Waals surface area (Å²) in [6.07, 6.45) is 2.78. The zero-order valence-electron chi connectivity index (χ0n) is 12.3. The molecule has 0 amide bonds. The molecule has 0 saturated carbocycles. The molecule has 4 nitrogen and oxygen atoms in total. The van der Waals surface area contributed by atoms with Gasteiger partial charge < -0.3 is 14.9 Å². The molecule has 0 radical (unpaired) electrons. The number of fused-ring (bicyclic) bond motifs is 1. The van der Waals surface area contributed by atoms with Gasteiger partial charge in [0, 0.05) is 5.71 Å². The molecule has 20 heavy (non-hydrogen) atoms. The Morgan fingerprint density at radius 3 is 2.80 bits per heavy atom. The van der Waals surface area contributed by atoms with Crippen LogP contribution in [0, 0.1) is 5.41 Å². The molecule has 108 valence electrons. The van der Waals surface area contributed by atoms with Crippen LogP contribution in [0.5, 0.6) is 5.75 Å². The molecule has 4 heteroatoms. The molecule has 0 unspecified atom stereocenters. The van der Waals surface area contributed by atoms with Crippen LogP contribution in [0.4, 0.5) is 0 Å². The van der Waals surface area contributed by atoms with E-state index in [0.717, 1.165) is 30.4 Å². The molecule has 0 heterocycles. The van der Waals surface area contributed by atoms with Gasteiger partial charge in [0.05, 0.1) is 6.61 Å². The maximum atomic E-state index is 11.8. The van der Waals surface area contributed by atoms with E-state index in [9.17, 15) is 4.79 Å². The van der Waals surface area contributed by atoms with Crippen molar-refractivity contribution in [2.24, 2.45) is 0 Å². The van der Waals surface area contributed by atoms with Crippen LogP contribution in [-0.4, -0.2) is 23.9 Å². The van der Waals surface area contributed by atoms with Gasteiger partial charge in [-0.05, 0) is 69.4 Å². The van der Waals surface area contributed by atoms with Gasteiger partial charge >= 0.3 is 5.97 Å². The average Bonchev–Trinajstić information content (AvgIpc) is 2.38. The fourth-order valence-corrected chi connectivity index (χ4v) is 2.37. The van der Waals surface area contributed by atoms with Gasteiger partial charge in [0.2, 0.25) is 0 Å². The topological polar surface area (TPSA) is 59.4 Å². The summed E-state index contributed by atoms with van der Waals surface area (Å²) in [5.74, 6) is 0.280. The largest absolute Gasteiger partial charge is 0.476 e. The minimum atomic E-state index is -1.01. The van der Waals surface area contributed by atoms with E-state index in [1.165, 1.54) is 0 Å². The summed E-state index contributed by atoms with van der Waals surface area (Å²) in [5.41, 5.74) is 1.80. The lowest BCUT2D eigenvalue weighted by molar-refractivity contribution is -0.158. The molecule has 0 saturated heterocycles. The van der Waals surface area contributed by atoms with Crippen molar-refractivity contribution >= 4 is 11.7 Å². The van der Waals surface area contributed by atoms with Gasteiger partial charge in [-0.1, -0.05) is 0 Å². The number of nitrogens with one attached hydrogen (secondary N) is 1. The third-order valence-electron chi connectivity index (χ3n) is 3.41. The van der Waals surface area contributed by atoms with E-state index in [1.54, 1.807) is 20.8 Å². The smallest absolute Gasteiger partial charge is 0.349 e. The molecule has 0 spiro atoms. The number of benzene rings is 1. The molecular formula is C16H21NO3. The predicted octanol–water partition coefficient (Wildman–Crippen LogP) is 3.11. The lowest BCUT2D eigenvalue weighted by Crippen LogP contribution is -2.39. The summed E-state index contributed by atoms with van der Waals surface area (Å²) in [6, 6.07) is 5.66. The van der Waals surface area contributed by atoms with E-state index < -0.39 is 5.60 Å². The molecule has 0 aliphatic heterocycles. The van der Waals surface area contributed by atoms with Crippen molar-refractivity contribution in [2.75, 3.05) is 6.61 Å². The lowest BCUT2D eigenvalue weighted by atomic mass is 9.90. The first-order valence-electron chi connectivity index (χ1n) is 7.01. The van der Waals surface area contributed by atoms with Crippen molar-refractivity contribution in [1.82, 2.24) is 0 Å². The minimum absolute atomic E-state index is 0.340. The van der Waals surface area contributed by atoms with E-state index >= 15 is 0 Å². The molecular weight excluding hydrogens is 254 g/mol. The van der Waals surface area contributed by atoms with Crippen LogP contribution in [0.2, 0.25) is 0 Å². The van der Waals surface area contributed by atoms with Gasteiger partial charge in [-0.3, -0.25) is 0 Å². The summed E-state index contributed by atoms with van der Waals surface area (Å²) in [7, 11) is 0. The van der Waals surface area contributed by atoms with Crippen LogP contribution >= 0.6 is 0 Å². The second kappa shape index (κ2) is 5.65. The number of esters is 1. The summed E-state index contributed by atoms with van der Waals surface area (Å²) in [6.45, 7) is 5.52. The molecule has 0 atom stereocenters. The standard InChI is InChI=1S/C16H21NO3/c1-4-19-15(18)16(2,3)20-12-8-9-13-11(10-12)6-5-7-14(13)17/h8-10,17H,4-7H2,1-3H3. The SMILES string of the molecule is CCOC(=O)C(C)(C)Oc1ccc2c(c1)CCCC2=N. The number of hydrogen-bond donors (Lipinski definition) is 1. The first-order valence-corrected chi connectivity index (χ1v) is 7.01. The highest BCUT2D eigenvalue weighted by molar-refractivity contribution is 6.00. The van der Waals surface area contributed by atoms with Gasteiger partial charge in [0.25, 0.3) is 0 Å². The fourth-order valence-electron chi connectivity index (χ4n) is 2.37. The highest BCUT2D eigenvalue weighted by atomic mass is 16.6. The third-order valence-corrected chi connectivity index (χ3v) is 3.41. The van der Waals surface area contributed by atoms with E-state index in [1.807, 2.05) is 18.2 Å². The zero-order valence-corrected chi connectivity index (χ0v) is 12.3. The molecule has 1 aromatic rings. The van der Waals surface area contributed by atoms with Crippen molar-refractivity contribution in [3.05, 3.63) is 29.3 Å². The number of carbonyl (C=O) groups is 1. The molecule has 0 fully saturated rings. The lowest BCUT2D eigenvalue weighted by Gasteiger charge is -2.25. The Balaban J connectivity index is 2.18. The van der Waals surface area contributed by atoms with Crippen LogP contribution in [-0.2, 0) is 16.0 Å². The first kappa shape index (κ1) is 14.6. The number of aryl methyl sites for hydroxylation is 1. The van der Waals surface area contributed by atoms with Gasteiger partial charge in [-0.2, -0.15) is 0 Å². The second-order valence-electron chi connectivity index (χ2n) is 5.48. The fraction of sp³-hybridized carbons (Fsp3) is 0.500. The first-order chi connectivity index (χ1) is 9.44. The Bertz CT molecular complexity index is 535. The van der Waals surface area contributed by atoms with Crippen LogP contribution < -0.4 is 4.74 Å². The molecule has 0 aromatic heterocycles. The number of hydrogen-bond acceptors (Lipinski definition) is 4. The summed E-state index contributed by atoms with van der Waals surface area (Å²) in [5, 5.41) is 7.93. The van der Waals surface area contributed by atoms with Gasteiger partial charge in [0.15, 0.2) is 5.60 Å². The third kappa shape index (κ3) is 3.00. The van der Waals surface area contributed by atoms with E-state index in [2.05, 4.69) is 0 Å². The number of rotatable bonds is 4. The van der Waals surface area contributed by atoms with Crippen molar-refractivity contribution in [3.8, 4) is 5.75 Å². The molecule has 2 rings (SSSR count). The van der Waals surface area contributed by atoms with Crippen LogP contribution in [0.3, 0.4) is 0 Å².